The summed E-state index contributed by atoms with van der Waals surface area (Å²) in [6.45, 7) is 1.81. The number of anilines is 1. The molecule has 0 aliphatic carbocycles. The van der Waals surface area contributed by atoms with Gasteiger partial charge in [0, 0.05) is 11.4 Å². The standard InChI is InChI=1S/C18H15F4N3/c1-11(8-12-6-7-13(9-15(12)19)18(20,21)22)25-17-14-4-2-3-5-16(14)23-10-24-17/h2-7,9-11H,8H2,1H3,(H,23,24,25). The number of hydrogen-bond acceptors (Lipinski definition) is 3. The molecule has 0 saturated heterocycles. The van der Waals surface area contributed by atoms with Crippen LogP contribution < -0.4 is 5.32 Å². The fourth-order valence-corrected chi connectivity index (χ4v) is 2.62. The second-order valence-electron chi connectivity index (χ2n) is 5.79. The lowest BCUT2D eigenvalue weighted by atomic mass is 10.0. The van der Waals surface area contributed by atoms with E-state index in [0.29, 0.717) is 11.9 Å². The number of fused-ring (bicyclic) bond motifs is 1. The molecule has 1 unspecified atom stereocenters. The largest absolute Gasteiger partial charge is 0.416 e. The van der Waals surface area contributed by atoms with Gasteiger partial charge < -0.3 is 5.32 Å². The van der Waals surface area contributed by atoms with Gasteiger partial charge in [0.25, 0.3) is 0 Å². The second-order valence-corrected chi connectivity index (χ2v) is 5.79. The SMILES string of the molecule is CC(Cc1ccc(C(F)(F)F)cc1F)Nc1ncnc2ccccc12. The number of halogens is 4. The highest BCUT2D eigenvalue weighted by molar-refractivity contribution is 5.88. The Bertz CT molecular complexity index is 888. The summed E-state index contributed by atoms with van der Waals surface area (Å²) in [5, 5.41) is 3.99. The molecule has 1 atom stereocenters. The third-order valence-electron chi connectivity index (χ3n) is 3.83. The summed E-state index contributed by atoms with van der Waals surface area (Å²) in [5.74, 6) is -0.263. The van der Waals surface area contributed by atoms with Crippen molar-refractivity contribution in [3.8, 4) is 0 Å². The van der Waals surface area contributed by atoms with E-state index in [9.17, 15) is 17.6 Å². The van der Waals surface area contributed by atoms with Crippen molar-refractivity contribution < 1.29 is 17.6 Å². The molecule has 0 aliphatic heterocycles. The first-order chi connectivity index (χ1) is 11.8. The predicted octanol–water partition coefficient (Wildman–Crippen LogP) is 4.83. The van der Waals surface area contributed by atoms with Gasteiger partial charge in [-0.25, -0.2) is 14.4 Å². The molecular formula is C18H15F4N3. The first-order valence-electron chi connectivity index (χ1n) is 7.66. The van der Waals surface area contributed by atoms with Gasteiger partial charge in [0.15, 0.2) is 0 Å². The van der Waals surface area contributed by atoms with Crippen molar-refractivity contribution in [3.63, 3.8) is 0 Å². The van der Waals surface area contributed by atoms with Gasteiger partial charge in [-0.05, 0) is 43.2 Å². The minimum Gasteiger partial charge on any atom is -0.367 e. The van der Waals surface area contributed by atoms with Crippen LogP contribution in [-0.2, 0) is 12.6 Å². The van der Waals surface area contributed by atoms with Crippen LogP contribution in [0.1, 0.15) is 18.1 Å². The average Bonchev–Trinajstić information content (AvgIpc) is 2.56. The molecule has 0 amide bonds. The van der Waals surface area contributed by atoms with Crippen LogP contribution in [-0.4, -0.2) is 16.0 Å². The molecule has 25 heavy (non-hydrogen) atoms. The molecule has 1 aromatic heterocycles. The summed E-state index contributed by atoms with van der Waals surface area (Å²) in [6, 6.07) is 9.80. The molecule has 0 spiro atoms. The van der Waals surface area contributed by atoms with Crippen LogP contribution >= 0.6 is 0 Å². The van der Waals surface area contributed by atoms with E-state index in [1.807, 2.05) is 31.2 Å². The Morgan fingerprint density at radius 2 is 1.84 bits per heavy atom. The van der Waals surface area contributed by atoms with E-state index in [0.717, 1.165) is 17.0 Å². The first-order valence-corrected chi connectivity index (χ1v) is 7.66. The highest BCUT2D eigenvalue weighted by Crippen LogP contribution is 2.30. The lowest BCUT2D eigenvalue weighted by Crippen LogP contribution is -2.20. The molecule has 3 rings (SSSR count). The maximum atomic E-state index is 14.0. The number of hydrogen-bond donors (Lipinski definition) is 1. The van der Waals surface area contributed by atoms with E-state index < -0.39 is 17.6 Å². The Morgan fingerprint density at radius 1 is 1.08 bits per heavy atom. The van der Waals surface area contributed by atoms with Crippen LogP contribution in [0.2, 0.25) is 0 Å². The third kappa shape index (κ3) is 3.87. The quantitative estimate of drug-likeness (QED) is 0.686. The number of nitrogens with zero attached hydrogens (tertiary/aromatic N) is 2. The van der Waals surface area contributed by atoms with Gasteiger partial charge in [-0.3, -0.25) is 0 Å². The van der Waals surface area contributed by atoms with E-state index in [1.165, 1.54) is 12.4 Å². The molecule has 0 saturated carbocycles. The van der Waals surface area contributed by atoms with Crippen molar-refractivity contribution in [3.05, 3.63) is 65.7 Å². The van der Waals surface area contributed by atoms with Crippen LogP contribution in [0.15, 0.2) is 48.8 Å². The van der Waals surface area contributed by atoms with Crippen molar-refractivity contribution in [1.82, 2.24) is 9.97 Å². The number of nitrogens with one attached hydrogen (secondary N) is 1. The van der Waals surface area contributed by atoms with Crippen molar-refractivity contribution >= 4 is 16.7 Å². The Balaban J connectivity index is 1.77. The van der Waals surface area contributed by atoms with Gasteiger partial charge in [0.1, 0.15) is 18.0 Å². The third-order valence-corrected chi connectivity index (χ3v) is 3.83. The molecule has 1 N–H and O–H groups in total. The van der Waals surface area contributed by atoms with Gasteiger partial charge >= 0.3 is 6.18 Å². The summed E-state index contributed by atoms with van der Waals surface area (Å²) in [7, 11) is 0. The Morgan fingerprint density at radius 3 is 2.56 bits per heavy atom. The molecular weight excluding hydrogens is 334 g/mol. The van der Waals surface area contributed by atoms with Gasteiger partial charge in [-0.2, -0.15) is 13.2 Å². The van der Waals surface area contributed by atoms with Crippen LogP contribution in [0.3, 0.4) is 0 Å². The van der Waals surface area contributed by atoms with E-state index in [4.69, 9.17) is 0 Å². The van der Waals surface area contributed by atoms with Crippen molar-refractivity contribution in [2.24, 2.45) is 0 Å². The van der Waals surface area contributed by atoms with E-state index in [1.54, 1.807) is 0 Å². The molecule has 0 aliphatic rings. The fourth-order valence-electron chi connectivity index (χ4n) is 2.62. The number of alkyl halides is 3. The Kier molecular flexibility index (Phi) is 4.57. The lowest BCUT2D eigenvalue weighted by molar-refractivity contribution is -0.137. The molecule has 1 heterocycles. The minimum atomic E-state index is -4.55. The van der Waals surface area contributed by atoms with E-state index in [-0.39, 0.29) is 18.0 Å². The summed E-state index contributed by atoms with van der Waals surface area (Å²) in [5.41, 5.74) is -0.00423. The average molecular weight is 349 g/mol. The highest BCUT2D eigenvalue weighted by Gasteiger charge is 2.31. The molecule has 0 fully saturated rings. The van der Waals surface area contributed by atoms with Crippen LogP contribution in [0.25, 0.3) is 10.9 Å². The zero-order chi connectivity index (χ0) is 18.0. The first kappa shape index (κ1) is 17.1. The zero-order valence-corrected chi connectivity index (χ0v) is 13.3. The van der Waals surface area contributed by atoms with Crippen molar-refractivity contribution in [2.45, 2.75) is 25.6 Å². The van der Waals surface area contributed by atoms with Gasteiger partial charge in [0.05, 0.1) is 11.1 Å². The minimum absolute atomic E-state index is 0.214. The molecule has 0 radical (unpaired) electrons. The second kappa shape index (κ2) is 6.66. The van der Waals surface area contributed by atoms with E-state index >= 15 is 0 Å². The summed E-state index contributed by atoms with van der Waals surface area (Å²) in [6.07, 6.45) is -2.90. The summed E-state index contributed by atoms with van der Waals surface area (Å²) in [4.78, 5) is 8.35. The van der Waals surface area contributed by atoms with Crippen LogP contribution in [0.4, 0.5) is 23.4 Å². The lowest BCUT2D eigenvalue weighted by Gasteiger charge is -2.17. The summed E-state index contributed by atoms with van der Waals surface area (Å²) < 4.78 is 51.8. The van der Waals surface area contributed by atoms with Crippen LogP contribution in [0.5, 0.6) is 0 Å². The summed E-state index contributed by atoms with van der Waals surface area (Å²) >= 11 is 0. The Hall–Kier alpha value is -2.70. The van der Waals surface area contributed by atoms with Gasteiger partial charge in [0.2, 0.25) is 0 Å². The van der Waals surface area contributed by atoms with Crippen LogP contribution in [0, 0.1) is 5.82 Å². The molecule has 3 aromatic rings. The number of aromatic nitrogens is 2. The molecule has 0 bridgehead atoms. The maximum absolute atomic E-state index is 14.0. The molecule has 7 heteroatoms. The van der Waals surface area contributed by atoms with Crippen molar-refractivity contribution in [1.29, 1.82) is 0 Å². The Labute approximate surface area is 141 Å². The topological polar surface area (TPSA) is 37.8 Å². The number of benzene rings is 2. The molecule has 3 nitrogen and oxygen atoms in total. The number of rotatable bonds is 4. The smallest absolute Gasteiger partial charge is 0.367 e. The van der Waals surface area contributed by atoms with Gasteiger partial charge in [-0.15, -0.1) is 0 Å². The fraction of sp³-hybridized carbons (Fsp3) is 0.222. The predicted molar refractivity (Wildman–Crippen MR) is 87.7 cm³/mol. The zero-order valence-electron chi connectivity index (χ0n) is 13.3. The van der Waals surface area contributed by atoms with E-state index in [2.05, 4.69) is 15.3 Å². The molecule has 2 aromatic carbocycles. The highest BCUT2D eigenvalue weighted by atomic mass is 19.4. The number of para-hydroxylation sites is 1. The van der Waals surface area contributed by atoms with Crippen molar-refractivity contribution in [2.75, 3.05) is 5.32 Å². The monoisotopic (exact) mass is 349 g/mol. The van der Waals surface area contributed by atoms with Gasteiger partial charge in [-0.1, -0.05) is 18.2 Å². The molecule has 130 valence electrons. The normalized spacial score (nSPS) is 13.0. The maximum Gasteiger partial charge on any atom is 0.416 e.